The molecule has 0 bridgehead atoms. The lowest BCUT2D eigenvalue weighted by atomic mass is 9.90. The molecule has 1 saturated carbocycles. The number of hydrogen-bond donors (Lipinski definition) is 1. The third-order valence-electron chi connectivity index (χ3n) is 5.46. The van der Waals surface area contributed by atoms with Crippen molar-refractivity contribution in [1.29, 1.82) is 0 Å². The molecule has 2 fully saturated rings. The predicted octanol–water partition coefficient (Wildman–Crippen LogP) is 4.03. The Morgan fingerprint density at radius 2 is 1.90 bits per heavy atom. The second-order valence-corrected chi connectivity index (χ2v) is 6.79. The van der Waals surface area contributed by atoms with Crippen LogP contribution in [0.4, 0.5) is 5.69 Å². The van der Waals surface area contributed by atoms with E-state index in [0.717, 1.165) is 17.6 Å². The molecular formula is C18H28N2. The molecule has 2 heteroatoms. The molecule has 20 heavy (non-hydrogen) atoms. The van der Waals surface area contributed by atoms with Gasteiger partial charge in [-0.15, -0.1) is 0 Å². The van der Waals surface area contributed by atoms with Crippen molar-refractivity contribution in [3.8, 4) is 0 Å². The van der Waals surface area contributed by atoms with Gasteiger partial charge in [0.2, 0.25) is 0 Å². The molecular weight excluding hydrogens is 244 g/mol. The molecule has 1 aromatic rings. The molecule has 0 aromatic heterocycles. The minimum atomic E-state index is 0.636. The molecule has 1 saturated heterocycles. The first kappa shape index (κ1) is 13.9. The predicted molar refractivity (Wildman–Crippen MR) is 85.8 cm³/mol. The fourth-order valence-corrected chi connectivity index (χ4v) is 4.19. The zero-order valence-corrected chi connectivity index (χ0v) is 12.7. The maximum atomic E-state index is 5.77. The highest BCUT2D eigenvalue weighted by Gasteiger charge is 2.34. The summed E-state index contributed by atoms with van der Waals surface area (Å²) in [6, 6.07) is 9.34. The summed E-state index contributed by atoms with van der Waals surface area (Å²) in [6.45, 7) is 4.95. The Morgan fingerprint density at radius 1 is 1.15 bits per heavy atom. The van der Waals surface area contributed by atoms with Crippen LogP contribution in [0.15, 0.2) is 24.3 Å². The van der Waals surface area contributed by atoms with Crippen molar-refractivity contribution in [2.75, 3.05) is 18.8 Å². The van der Waals surface area contributed by atoms with Crippen LogP contribution in [0.5, 0.6) is 0 Å². The highest BCUT2D eigenvalue weighted by Crippen LogP contribution is 2.37. The summed E-state index contributed by atoms with van der Waals surface area (Å²) in [5.41, 5.74) is 8.06. The van der Waals surface area contributed by atoms with E-state index in [1.54, 1.807) is 0 Å². The number of piperidine rings is 1. The lowest BCUT2D eigenvalue weighted by molar-refractivity contribution is 0.110. The van der Waals surface area contributed by atoms with E-state index in [-0.39, 0.29) is 0 Å². The fourth-order valence-electron chi connectivity index (χ4n) is 4.19. The van der Waals surface area contributed by atoms with Gasteiger partial charge in [0.05, 0.1) is 0 Å². The summed E-state index contributed by atoms with van der Waals surface area (Å²) < 4.78 is 0. The van der Waals surface area contributed by atoms with Gasteiger partial charge in [-0.05, 0) is 74.7 Å². The van der Waals surface area contributed by atoms with Crippen LogP contribution in [0.3, 0.4) is 0 Å². The van der Waals surface area contributed by atoms with Gasteiger partial charge >= 0.3 is 0 Å². The Balaban J connectivity index is 1.54. The number of benzene rings is 1. The summed E-state index contributed by atoms with van der Waals surface area (Å²) in [5, 5.41) is 0. The maximum absolute atomic E-state index is 5.77. The third kappa shape index (κ3) is 3.01. The molecule has 2 nitrogen and oxygen atoms in total. The number of hydrogen-bond acceptors (Lipinski definition) is 2. The van der Waals surface area contributed by atoms with Crippen molar-refractivity contribution >= 4 is 5.69 Å². The number of likely N-dealkylation sites (tertiary alicyclic amines) is 1. The Bertz CT molecular complexity index is 426. The van der Waals surface area contributed by atoms with Crippen LogP contribution < -0.4 is 5.73 Å². The molecule has 3 atom stereocenters. The van der Waals surface area contributed by atoms with Crippen LogP contribution in [0.1, 0.15) is 56.9 Å². The number of nitrogens with two attached hydrogens (primary N) is 1. The summed E-state index contributed by atoms with van der Waals surface area (Å²) in [6.07, 6.45) is 8.55. The molecule has 1 aliphatic carbocycles. The lowest BCUT2D eigenvalue weighted by Gasteiger charge is -2.38. The van der Waals surface area contributed by atoms with E-state index in [1.807, 2.05) is 12.1 Å². The first-order valence-electron chi connectivity index (χ1n) is 8.33. The average Bonchev–Trinajstić information content (AvgIpc) is 2.94. The Kier molecular flexibility index (Phi) is 4.30. The van der Waals surface area contributed by atoms with Crippen LogP contribution in [0.2, 0.25) is 0 Å². The summed E-state index contributed by atoms with van der Waals surface area (Å²) in [7, 11) is 0. The second-order valence-electron chi connectivity index (χ2n) is 6.79. The zero-order chi connectivity index (χ0) is 13.9. The molecule has 1 heterocycles. The molecule has 0 spiro atoms. The van der Waals surface area contributed by atoms with Crippen LogP contribution in [0.25, 0.3) is 0 Å². The van der Waals surface area contributed by atoms with E-state index in [4.69, 9.17) is 5.73 Å². The maximum Gasteiger partial charge on any atom is 0.0314 e. The van der Waals surface area contributed by atoms with E-state index in [0.29, 0.717) is 5.92 Å². The molecule has 2 N–H and O–H groups in total. The van der Waals surface area contributed by atoms with Gasteiger partial charge in [0, 0.05) is 11.7 Å². The standard InChI is InChI=1S/C18H28N2/c1-14(15-7-9-17(19)10-8-15)11-13-20-12-3-5-16-4-2-6-18(16)20/h7-10,14,16,18H,2-6,11-13,19H2,1H3. The Hall–Kier alpha value is -1.02. The van der Waals surface area contributed by atoms with E-state index < -0.39 is 0 Å². The third-order valence-corrected chi connectivity index (χ3v) is 5.46. The van der Waals surface area contributed by atoms with Crippen molar-refractivity contribution in [2.24, 2.45) is 5.92 Å². The summed E-state index contributed by atoms with van der Waals surface area (Å²) >= 11 is 0. The quantitative estimate of drug-likeness (QED) is 0.839. The van der Waals surface area contributed by atoms with Crippen molar-refractivity contribution in [3.63, 3.8) is 0 Å². The smallest absolute Gasteiger partial charge is 0.0314 e. The van der Waals surface area contributed by atoms with Gasteiger partial charge in [-0.25, -0.2) is 0 Å². The molecule has 0 radical (unpaired) electrons. The normalized spacial score (nSPS) is 28.2. The number of nitrogen functional groups attached to an aromatic ring is 1. The monoisotopic (exact) mass is 272 g/mol. The SMILES string of the molecule is CC(CCN1CCCC2CCCC21)c1ccc(N)cc1. The number of anilines is 1. The van der Waals surface area contributed by atoms with Gasteiger partial charge in [-0.2, -0.15) is 0 Å². The molecule has 2 aliphatic rings. The number of fused-ring (bicyclic) bond motifs is 1. The highest BCUT2D eigenvalue weighted by atomic mass is 15.2. The van der Waals surface area contributed by atoms with Crippen molar-refractivity contribution < 1.29 is 0 Å². The number of nitrogens with zero attached hydrogens (tertiary/aromatic N) is 1. The first-order valence-corrected chi connectivity index (χ1v) is 8.33. The van der Waals surface area contributed by atoms with Gasteiger partial charge in [0.25, 0.3) is 0 Å². The Labute approximate surface area is 123 Å². The van der Waals surface area contributed by atoms with E-state index in [2.05, 4.69) is 24.0 Å². The van der Waals surface area contributed by atoms with Crippen molar-refractivity contribution in [1.82, 2.24) is 4.90 Å². The van der Waals surface area contributed by atoms with Crippen molar-refractivity contribution in [3.05, 3.63) is 29.8 Å². The highest BCUT2D eigenvalue weighted by molar-refractivity contribution is 5.40. The average molecular weight is 272 g/mol. The molecule has 0 amide bonds. The summed E-state index contributed by atoms with van der Waals surface area (Å²) in [4.78, 5) is 2.79. The number of rotatable bonds is 4. The molecule has 3 rings (SSSR count). The molecule has 1 aliphatic heterocycles. The van der Waals surface area contributed by atoms with E-state index in [9.17, 15) is 0 Å². The van der Waals surface area contributed by atoms with Crippen molar-refractivity contribution in [2.45, 2.75) is 57.4 Å². The summed E-state index contributed by atoms with van der Waals surface area (Å²) in [5.74, 6) is 1.65. The fraction of sp³-hybridized carbons (Fsp3) is 0.667. The van der Waals surface area contributed by atoms with Gasteiger partial charge in [-0.3, -0.25) is 0 Å². The lowest BCUT2D eigenvalue weighted by Crippen LogP contribution is -2.43. The van der Waals surface area contributed by atoms with Gasteiger partial charge in [0.15, 0.2) is 0 Å². The largest absolute Gasteiger partial charge is 0.399 e. The van der Waals surface area contributed by atoms with Crippen LogP contribution in [0, 0.1) is 5.92 Å². The molecule has 110 valence electrons. The van der Waals surface area contributed by atoms with Crippen LogP contribution >= 0.6 is 0 Å². The zero-order valence-electron chi connectivity index (χ0n) is 12.7. The second kappa shape index (κ2) is 6.17. The minimum absolute atomic E-state index is 0.636. The molecule has 3 unspecified atom stereocenters. The van der Waals surface area contributed by atoms with Crippen LogP contribution in [-0.4, -0.2) is 24.0 Å². The van der Waals surface area contributed by atoms with Gasteiger partial charge < -0.3 is 10.6 Å². The van der Waals surface area contributed by atoms with E-state index >= 15 is 0 Å². The minimum Gasteiger partial charge on any atom is -0.399 e. The molecule has 1 aromatic carbocycles. The topological polar surface area (TPSA) is 29.3 Å². The first-order chi connectivity index (χ1) is 9.74. The van der Waals surface area contributed by atoms with Gasteiger partial charge in [-0.1, -0.05) is 25.5 Å². The van der Waals surface area contributed by atoms with Crippen LogP contribution in [-0.2, 0) is 0 Å². The van der Waals surface area contributed by atoms with E-state index in [1.165, 1.54) is 57.2 Å². The van der Waals surface area contributed by atoms with Gasteiger partial charge in [0.1, 0.15) is 0 Å². The Morgan fingerprint density at radius 3 is 2.70 bits per heavy atom.